The van der Waals surface area contributed by atoms with Gasteiger partial charge in [0.1, 0.15) is 23.0 Å². The Morgan fingerprint density at radius 2 is 0.758 bits per heavy atom. The molecule has 4 aliphatic heterocycles. The molecule has 4 heterocycles. The quantitative estimate of drug-likeness (QED) is 0.0287. The van der Waals surface area contributed by atoms with Crippen LogP contribution in [0.3, 0.4) is 0 Å². The minimum Gasteiger partial charge on any atom is -0.508 e. The molecule has 4 saturated carbocycles. The van der Waals surface area contributed by atoms with E-state index in [2.05, 4.69) is 113 Å². The lowest BCUT2D eigenvalue weighted by atomic mass is 9.57. The molecule has 9 aromatic rings. The number of amides is 1. The Balaban J connectivity index is 0.000000156. The summed E-state index contributed by atoms with van der Waals surface area (Å²) in [6.07, 6.45) is 21.2. The fourth-order valence-electron chi connectivity index (χ4n) is 22.2. The van der Waals surface area contributed by atoms with Gasteiger partial charge in [0.25, 0.3) is 0 Å². The fourth-order valence-corrected chi connectivity index (χ4v) is 25.4. The third kappa shape index (κ3) is 23.5. The average Bonchev–Trinajstić information content (AvgIpc) is 0.748. The predicted octanol–water partition coefficient (Wildman–Crippen LogP) is 21.3. The summed E-state index contributed by atoms with van der Waals surface area (Å²) in [5.41, 5.74) is -9.29. The Morgan fingerprint density at radius 1 is 0.409 bits per heavy atom. The van der Waals surface area contributed by atoms with Crippen LogP contribution in [0.25, 0.3) is 0 Å². The van der Waals surface area contributed by atoms with Crippen molar-refractivity contribution in [3.63, 3.8) is 0 Å². The summed E-state index contributed by atoms with van der Waals surface area (Å²) in [7, 11) is -19.3. The monoisotopic (exact) mass is 1890 g/mol. The minimum absolute atomic E-state index is 0. The molecule has 5 N–H and O–H groups in total. The number of hydrogen-bond acceptors (Lipinski definition) is 15. The molecule has 132 heavy (non-hydrogen) atoms. The zero-order valence-corrected chi connectivity index (χ0v) is 76.5. The van der Waals surface area contributed by atoms with E-state index in [4.69, 9.17) is 5.11 Å². The normalized spacial score (nSPS) is 25.2. The molecule has 8 fully saturated rings. The van der Waals surface area contributed by atoms with Crippen molar-refractivity contribution in [2.75, 3.05) is 43.0 Å². The van der Waals surface area contributed by atoms with Crippen LogP contribution >= 0.6 is 0 Å². The Labute approximate surface area is 770 Å². The number of hydrogen-bond donors (Lipinski definition) is 5. The number of carboxylic acid groups (broad SMARTS) is 1. The number of carbonyl (C=O) groups is 2. The molecular formula is C102H122F9N5O13S3. The van der Waals surface area contributed by atoms with E-state index in [-0.39, 0.29) is 41.7 Å². The topological polar surface area (TPSA) is 252 Å². The molecule has 9 aromatic carbocycles. The molecule has 714 valence electrons. The van der Waals surface area contributed by atoms with Gasteiger partial charge in [0.2, 0.25) is 5.91 Å². The van der Waals surface area contributed by atoms with Crippen LogP contribution < -0.4 is 13.2 Å². The number of fused-ring (bicyclic) bond motifs is 8. The third-order valence-electron chi connectivity index (χ3n) is 29.1. The molecule has 12 atom stereocenters. The summed E-state index contributed by atoms with van der Waals surface area (Å²) < 4.78 is 183. The maximum Gasteiger partial charge on any atom is 0.534 e. The van der Waals surface area contributed by atoms with Crippen molar-refractivity contribution in [1.82, 2.24) is 20.0 Å². The van der Waals surface area contributed by atoms with E-state index in [1.807, 2.05) is 109 Å². The van der Waals surface area contributed by atoms with Gasteiger partial charge in [-0.2, -0.15) is 64.8 Å². The van der Waals surface area contributed by atoms with Crippen LogP contribution in [0.5, 0.6) is 23.0 Å². The SMILES string of the molecule is C.C[C@H]1C2CCCC1(c1cccc(O)c1)CCN2.C[C@H]1C2CCCC1(c1cccc(O)c1)CCN2C(=O)Cc1ccccc1.C[C@H]1C2CCCC1(c1cccc(O)c1)CCN2CCc1ccccc1.C[C@H]1C2CCCC1(c1cccc(OS(=O)(=O)C(F)(F)F)c1)CCN2CCc1ccccc1.O=C(O)Cc1ccccc1.O=S(=O)(N(c1ccccc1)S(=O)(=O)C(F)(F)F)C(F)(F)F. The van der Waals surface area contributed by atoms with Gasteiger partial charge in [-0.3, -0.25) is 19.4 Å². The fraction of sp³-hybridized carbons (Fsp3) is 0.451. The van der Waals surface area contributed by atoms with Crippen molar-refractivity contribution in [3.05, 3.63) is 293 Å². The van der Waals surface area contributed by atoms with Crippen molar-refractivity contribution < 1.29 is 99.0 Å². The number of likely N-dealkylation sites (tertiary alicyclic amines) is 3. The summed E-state index contributed by atoms with van der Waals surface area (Å²) in [5, 5.41) is 41.7. The second-order valence-electron chi connectivity index (χ2n) is 36.1. The lowest BCUT2D eigenvalue weighted by molar-refractivity contribution is -0.140. The highest BCUT2D eigenvalue weighted by Gasteiger charge is 2.62. The third-order valence-corrected chi connectivity index (χ3v) is 33.7. The van der Waals surface area contributed by atoms with E-state index in [0.29, 0.717) is 89.1 Å². The number of benzene rings is 9. The maximum absolute atomic E-state index is 13.0. The number of aliphatic carboxylic acids is 1. The number of anilines is 1. The number of nitrogens with one attached hydrogen (secondary N) is 1. The second-order valence-corrected chi connectivity index (χ2v) is 41.4. The summed E-state index contributed by atoms with van der Waals surface area (Å²) in [6.45, 7) is 15.5. The average molecular weight is 1890 g/mol. The first-order valence-corrected chi connectivity index (χ1v) is 49.3. The van der Waals surface area contributed by atoms with E-state index < -0.39 is 62.1 Å². The lowest BCUT2D eigenvalue weighted by Gasteiger charge is -2.56. The number of phenols is 3. The molecule has 8 aliphatic rings. The number of carbonyl (C=O) groups excluding carboxylic acids is 1. The van der Waals surface area contributed by atoms with Crippen LogP contribution in [-0.4, -0.2) is 152 Å². The molecule has 30 heteroatoms. The minimum atomic E-state index is -6.81. The molecule has 1 amide bonds. The lowest BCUT2D eigenvalue weighted by Crippen LogP contribution is -2.59. The first-order valence-electron chi connectivity index (χ1n) is 45.0. The largest absolute Gasteiger partial charge is 0.534 e. The Kier molecular flexibility index (Phi) is 33.8. The van der Waals surface area contributed by atoms with Crippen molar-refractivity contribution >= 4 is 47.7 Å². The Hall–Kier alpha value is -9.98. The molecule has 0 spiro atoms. The first-order chi connectivity index (χ1) is 62.1. The number of aromatic hydroxyl groups is 3. The van der Waals surface area contributed by atoms with E-state index in [0.717, 1.165) is 132 Å². The number of sulfonamides is 2. The van der Waals surface area contributed by atoms with E-state index >= 15 is 0 Å². The highest BCUT2D eigenvalue weighted by atomic mass is 32.3. The van der Waals surface area contributed by atoms with E-state index in [1.165, 1.54) is 97.9 Å². The number of para-hydroxylation sites is 1. The van der Waals surface area contributed by atoms with E-state index in [9.17, 15) is 89.7 Å². The Morgan fingerprint density at radius 3 is 1.15 bits per heavy atom. The maximum atomic E-state index is 13.0. The molecule has 8 unspecified atom stereocenters. The van der Waals surface area contributed by atoms with Crippen molar-refractivity contribution in [2.24, 2.45) is 23.7 Å². The molecule has 4 aliphatic carbocycles. The highest BCUT2D eigenvalue weighted by Crippen LogP contribution is 2.56. The van der Waals surface area contributed by atoms with Gasteiger partial charge in [-0.15, -0.1) is 3.71 Å². The van der Waals surface area contributed by atoms with Crippen LogP contribution in [0.2, 0.25) is 0 Å². The van der Waals surface area contributed by atoms with Crippen LogP contribution in [-0.2, 0) is 87.1 Å². The molecule has 4 saturated heterocycles. The van der Waals surface area contributed by atoms with Gasteiger partial charge >= 0.3 is 52.7 Å². The second kappa shape index (κ2) is 43.6. The van der Waals surface area contributed by atoms with Crippen LogP contribution in [0.4, 0.5) is 45.2 Å². The molecular weight excluding hydrogens is 1770 g/mol. The zero-order chi connectivity index (χ0) is 94.4. The number of halogens is 9. The van der Waals surface area contributed by atoms with Crippen LogP contribution in [0.1, 0.15) is 182 Å². The van der Waals surface area contributed by atoms with Crippen LogP contribution in [0.15, 0.2) is 249 Å². The summed E-state index contributed by atoms with van der Waals surface area (Å²) in [4.78, 5) is 30.6. The number of phenolic OH excluding ortho intramolecular Hbond substituents is 3. The van der Waals surface area contributed by atoms with Crippen molar-refractivity contribution in [3.8, 4) is 23.0 Å². The van der Waals surface area contributed by atoms with Gasteiger partial charge in [0.15, 0.2) is 0 Å². The summed E-state index contributed by atoms with van der Waals surface area (Å²) in [5.74, 6) is 2.37. The van der Waals surface area contributed by atoms with E-state index in [1.54, 1.807) is 36.4 Å². The highest BCUT2D eigenvalue weighted by molar-refractivity contribution is 8.11. The van der Waals surface area contributed by atoms with Gasteiger partial charge in [-0.25, -0.2) is 0 Å². The molecule has 18 nitrogen and oxygen atoms in total. The number of nitrogens with zero attached hydrogens (tertiary/aromatic N) is 4. The molecule has 0 radical (unpaired) electrons. The van der Waals surface area contributed by atoms with Gasteiger partial charge in [-0.05, 0) is 238 Å². The zero-order valence-electron chi connectivity index (χ0n) is 74.1. The predicted molar refractivity (Wildman–Crippen MR) is 495 cm³/mol. The van der Waals surface area contributed by atoms with Gasteiger partial charge in [0.05, 0.1) is 18.5 Å². The smallest absolute Gasteiger partial charge is 0.508 e. The van der Waals surface area contributed by atoms with Gasteiger partial charge in [-0.1, -0.05) is 249 Å². The van der Waals surface area contributed by atoms with Crippen molar-refractivity contribution in [1.29, 1.82) is 0 Å². The van der Waals surface area contributed by atoms with Crippen molar-refractivity contribution in [2.45, 2.75) is 226 Å². The number of piperidine rings is 4. The summed E-state index contributed by atoms with van der Waals surface area (Å²) in [6, 6.07) is 76.3. The first kappa shape index (κ1) is 103. The number of carboxylic acids is 1. The number of alkyl halides is 9. The van der Waals surface area contributed by atoms with Gasteiger partial charge in [0, 0.05) is 65.5 Å². The Bertz CT molecular complexity index is 5570. The molecule has 0 aromatic heterocycles. The standard InChI is InChI=1S/C24H28F3NO3S.C23H27NO2.C23H29NO.C15H21NO.C8H5F6NO4S2.C8H8O2.CH4/c1-18-22-11-6-13-23(18,14-16-28(22)15-12-19-7-3-2-4-8-19)20-9-5-10-21(17-20)31-32(29,30)24(25,26)27;1-17-21-11-6-12-23(17,19-9-5-10-20(25)16-19)13-14-24(21)22(26)15-18-7-3-2-4-8-18;1-18-22-11-6-13-23(18,20-9-5-10-21(25)17-20)14-16-24(22)15-12-19-7-3-2-4-8-19;1-11-14-6-3-7-15(11,8-9-16-14)12-4-2-5-13(17)10-12;9-7(10,11)20(16,17)15(6-4-2-1-3-5-6)21(18,19)8(12,13)14;9-8(10)6-7-4-2-1-3-5-7;/h2-5,7-10,17-18,22H,6,11-16H2,1H3;2-5,7-10,16-17,21,25H,6,11-15H2,1H3;2-5,7-10,17-18,22,25H,6,11-16H2,1H3;2,4-5,10-11,14,16-17H,3,6-9H2,1H3;1-5H;1-5H,6H2,(H,9,10);1H4/t18-,22?,23?;17-,21?,23?;18-,22?,23?;11-,14?,15?;;;/m0000.../s1. The van der Waals surface area contributed by atoms with Crippen LogP contribution in [0, 0.1) is 23.7 Å². The molecule has 17 rings (SSSR count). The summed E-state index contributed by atoms with van der Waals surface area (Å²) >= 11 is 0. The van der Waals surface area contributed by atoms with Gasteiger partial charge < -0.3 is 34.8 Å². The number of rotatable bonds is 19. The molecule has 8 bridgehead atoms.